The third-order valence-corrected chi connectivity index (χ3v) is 4.52. The lowest BCUT2D eigenvalue weighted by Crippen LogP contribution is -2.30. The number of nitrogens with one attached hydrogen (secondary N) is 1. The van der Waals surface area contributed by atoms with E-state index in [1.165, 1.54) is 5.56 Å². The number of amides is 1. The molecule has 3 N–H and O–H groups in total. The van der Waals surface area contributed by atoms with Crippen molar-refractivity contribution in [3.63, 3.8) is 0 Å². The smallest absolute Gasteiger partial charge is 0.233 e. The largest absolute Gasteiger partial charge is 0.351 e. The lowest BCUT2D eigenvalue weighted by atomic mass is 10.1. The molecule has 1 aromatic rings. The monoisotopic (exact) mass is 264 g/mol. The third-order valence-electron chi connectivity index (χ3n) is 3.14. The molecule has 1 aliphatic rings. The second-order valence-corrected chi connectivity index (χ2v) is 5.89. The minimum absolute atomic E-state index is 0.168. The third kappa shape index (κ3) is 3.75. The summed E-state index contributed by atoms with van der Waals surface area (Å²) in [5.74, 6) is 1.30. The zero-order chi connectivity index (χ0) is 12.8. The van der Waals surface area contributed by atoms with E-state index in [-0.39, 0.29) is 11.2 Å². The standard InChI is InChI=1S/C14H20N2OS/c15-8-7-11-3-5-12(6-4-11)10-16-14(17)13-2-1-9-18-13/h3-6,13H,1-2,7-10,15H2,(H,16,17). The van der Waals surface area contributed by atoms with Crippen LogP contribution in [-0.2, 0) is 17.8 Å². The minimum atomic E-state index is 0.168. The van der Waals surface area contributed by atoms with Gasteiger partial charge in [-0.05, 0) is 42.7 Å². The first kappa shape index (κ1) is 13.4. The summed E-state index contributed by atoms with van der Waals surface area (Å²) >= 11 is 1.77. The predicted molar refractivity (Wildman–Crippen MR) is 76.5 cm³/mol. The Bertz CT molecular complexity index is 385. The summed E-state index contributed by atoms with van der Waals surface area (Å²) in [6, 6.07) is 8.29. The summed E-state index contributed by atoms with van der Waals surface area (Å²) < 4.78 is 0. The van der Waals surface area contributed by atoms with Crippen LogP contribution < -0.4 is 11.1 Å². The SMILES string of the molecule is NCCc1ccc(CNC(=O)C2CCCS2)cc1. The molecule has 1 aromatic carbocycles. The maximum Gasteiger partial charge on any atom is 0.233 e. The van der Waals surface area contributed by atoms with Crippen LogP contribution in [0, 0.1) is 0 Å². The van der Waals surface area contributed by atoms with E-state index in [2.05, 4.69) is 29.6 Å². The minimum Gasteiger partial charge on any atom is -0.351 e. The van der Waals surface area contributed by atoms with E-state index < -0.39 is 0 Å². The molecule has 0 saturated carbocycles. The molecular weight excluding hydrogens is 244 g/mol. The summed E-state index contributed by atoms with van der Waals surface area (Å²) in [5.41, 5.74) is 7.90. The molecule has 0 bridgehead atoms. The molecule has 18 heavy (non-hydrogen) atoms. The van der Waals surface area contributed by atoms with Crippen LogP contribution in [0.15, 0.2) is 24.3 Å². The van der Waals surface area contributed by atoms with Gasteiger partial charge in [-0.3, -0.25) is 4.79 Å². The van der Waals surface area contributed by atoms with E-state index in [9.17, 15) is 4.79 Å². The van der Waals surface area contributed by atoms with Crippen molar-refractivity contribution in [3.8, 4) is 0 Å². The molecule has 0 spiro atoms. The highest BCUT2D eigenvalue weighted by atomic mass is 32.2. The maximum absolute atomic E-state index is 11.8. The van der Waals surface area contributed by atoms with Crippen molar-refractivity contribution in [1.82, 2.24) is 5.32 Å². The van der Waals surface area contributed by atoms with Gasteiger partial charge in [0.05, 0.1) is 5.25 Å². The molecule has 1 atom stereocenters. The molecule has 3 nitrogen and oxygen atoms in total. The van der Waals surface area contributed by atoms with Gasteiger partial charge in [0, 0.05) is 6.54 Å². The van der Waals surface area contributed by atoms with E-state index in [0.717, 1.165) is 30.6 Å². The van der Waals surface area contributed by atoms with Crippen LogP contribution >= 0.6 is 11.8 Å². The predicted octanol–water partition coefficient (Wildman–Crippen LogP) is 1.70. The number of nitrogens with two attached hydrogens (primary N) is 1. The van der Waals surface area contributed by atoms with Gasteiger partial charge in [-0.15, -0.1) is 11.8 Å². The highest BCUT2D eigenvalue weighted by Crippen LogP contribution is 2.26. The van der Waals surface area contributed by atoms with E-state index in [0.29, 0.717) is 13.1 Å². The fourth-order valence-corrected chi connectivity index (χ4v) is 3.26. The van der Waals surface area contributed by atoms with Crippen LogP contribution in [0.1, 0.15) is 24.0 Å². The first-order chi connectivity index (χ1) is 8.79. The van der Waals surface area contributed by atoms with Crippen molar-refractivity contribution in [2.45, 2.75) is 31.1 Å². The fourth-order valence-electron chi connectivity index (χ4n) is 2.08. The number of thioether (sulfide) groups is 1. The van der Waals surface area contributed by atoms with E-state index >= 15 is 0 Å². The Labute approximate surface area is 113 Å². The van der Waals surface area contributed by atoms with Crippen molar-refractivity contribution < 1.29 is 4.79 Å². The van der Waals surface area contributed by atoms with Gasteiger partial charge < -0.3 is 11.1 Å². The maximum atomic E-state index is 11.8. The van der Waals surface area contributed by atoms with Crippen LogP contribution in [0.4, 0.5) is 0 Å². The van der Waals surface area contributed by atoms with Gasteiger partial charge in [0.15, 0.2) is 0 Å². The average molecular weight is 264 g/mol. The summed E-state index contributed by atoms with van der Waals surface area (Å²) in [5, 5.41) is 3.18. The molecule has 1 saturated heterocycles. The summed E-state index contributed by atoms with van der Waals surface area (Å²) in [7, 11) is 0. The van der Waals surface area contributed by atoms with E-state index in [4.69, 9.17) is 5.73 Å². The average Bonchev–Trinajstić information content (AvgIpc) is 2.92. The molecule has 0 aliphatic carbocycles. The summed E-state index contributed by atoms with van der Waals surface area (Å²) in [6.45, 7) is 1.30. The number of benzene rings is 1. The zero-order valence-electron chi connectivity index (χ0n) is 10.5. The van der Waals surface area contributed by atoms with Crippen LogP contribution in [0.2, 0.25) is 0 Å². The summed E-state index contributed by atoms with van der Waals surface area (Å²) in [4.78, 5) is 11.8. The molecular formula is C14H20N2OS. The Hall–Kier alpha value is -1.00. The first-order valence-corrected chi connectivity index (χ1v) is 7.51. The van der Waals surface area contributed by atoms with Crippen molar-refractivity contribution in [3.05, 3.63) is 35.4 Å². The van der Waals surface area contributed by atoms with Crippen molar-refractivity contribution in [1.29, 1.82) is 0 Å². The van der Waals surface area contributed by atoms with Gasteiger partial charge >= 0.3 is 0 Å². The molecule has 2 rings (SSSR count). The quantitative estimate of drug-likeness (QED) is 0.851. The Balaban J connectivity index is 1.80. The van der Waals surface area contributed by atoms with Gasteiger partial charge in [0.2, 0.25) is 5.91 Å². The molecule has 0 radical (unpaired) electrons. The van der Waals surface area contributed by atoms with Gasteiger partial charge in [-0.2, -0.15) is 0 Å². The number of carbonyl (C=O) groups excluding carboxylic acids is 1. The number of rotatable bonds is 5. The Morgan fingerprint density at radius 2 is 2.06 bits per heavy atom. The molecule has 98 valence electrons. The van der Waals surface area contributed by atoms with Gasteiger partial charge in [-0.1, -0.05) is 24.3 Å². The first-order valence-electron chi connectivity index (χ1n) is 6.47. The summed E-state index contributed by atoms with van der Waals surface area (Å²) in [6.07, 6.45) is 3.09. The normalized spacial score (nSPS) is 18.8. The molecule has 4 heteroatoms. The highest BCUT2D eigenvalue weighted by molar-refractivity contribution is 8.00. The lowest BCUT2D eigenvalue weighted by Gasteiger charge is -2.10. The Morgan fingerprint density at radius 1 is 1.33 bits per heavy atom. The lowest BCUT2D eigenvalue weighted by molar-refractivity contribution is -0.120. The number of hydrogen-bond donors (Lipinski definition) is 2. The zero-order valence-corrected chi connectivity index (χ0v) is 11.3. The number of carbonyl (C=O) groups is 1. The highest BCUT2D eigenvalue weighted by Gasteiger charge is 2.22. The van der Waals surface area contributed by atoms with Crippen molar-refractivity contribution >= 4 is 17.7 Å². The second-order valence-electron chi connectivity index (χ2n) is 4.57. The van der Waals surface area contributed by atoms with Gasteiger partial charge in [0.1, 0.15) is 0 Å². The van der Waals surface area contributed by atoms with Gasteiger partial charge in [-0.25, -0.2) is 0 Å². The van der Waals surface area contributed by atoms with Crippen LogP contribution in [0.5, 0.6) is 0 Å². The molecule has 1 amide bonds. The Kier molecular flexibility index (Phi) is 5.08. The molecule has 1 heterocycles. The van der Waals surface area contributed by atoms with Crippen molar-refractivity contribution in [2.24, 2.45) is 5.73 Å². The van der Waals surface area contributed by atoms with E-state index in [1.54, 1.807) is 11.8 Å². The molecule has 1 fully saturated rings. The van der Waals surface area contributed by atoms with Crippen LogP contribution in [0.3, 0.4) is 0 Å². The molecule has 1 unspecified atom stereocenters. The molecule has 0 aromatic heterocycles. The van der Waals surface area contributed by atoms with E-state index in [1.807, 2.05) is 0 Å². The fraction of sp³-hybridized carbons (Fsp3) is 0.500. The second kappa shape index (κ2) is 6.81. The Morgan fingerprint density at radius 3 is 2.67 bits per heavy atom. The molecule has 1 aliphatic heterocycles. The van der Waals surface area contributed by atoms with Gasteiger partial charge in [0.25, 0.3) is 0 Å². The van der Waals surface area contributed by atoms with Crippen LogP contribution in [-0.4, -0.2) is 23.5 Å². The topological polar surface area (TPSA) is 55.1 Å². The number of hydrogen-bond acceptors (Lipinski definition) is 3. The van der Waals surface area contributed by atoms with Crippen molar-refractivity contribution in [2.75, 3.05) is 12.3 Å². The van der Waals surface area contributed by atoms with Crippen LogP contribution in [0.25, 0.3) is 0 Å².